The minimum Gasteiger partial charge on any atom is -0.330 e. The highest BCUT2D eigenvalue weighted by Crippen LogP contribution is 2.30. The number of thioether (sulfide) groups is 1. The summed E-state index contributed by atoms with van der Waals surface area (Å²) in [6, 6.07) is 8.88. The van der Waals surface area contributed by atoms with E-state index in [2.05, 4.69) is 20.8 Å². The Bertz CT molecular complexity index is 1070. The van der Waals surface area contributed by atoms with E-state index < -0.39 is 22.3 Å². The molecule has 150 valence electrons. The number of anilines is 3. The van der Waals surface area contributed by atoms with Gasteiger partial charge in [-0.3, -0.25) is 14.9 Å². The molecule has 0 unspecified atom stereocenters. The number of hydrogen-bond donors (Lipinski definition) is 2. The van der Waals surface area contributed by atoms with Gasteiger partial charge in [0, 0.05) is 5.69 Å². The molecule has 0 aliphatic heterocycles. The Balaban J connectivity index is 1.59. The highest BCUT2D eigenvalue weighted by atomic mass is 32.2. The van der Waals surface area contributed by atoms with Crippen LogP contribution in [0.4, 0.5) is 26.6 Å². The maximum Gasteiger partial charge on any atom is 0.295 e. The lowest BCUT2D eigenvalue weighted by Crippen LogP contribution is -2.15. The Morgan fingerprint density at radius 2 is 2.03 bits per heavy atom. The van der Waals surface area contributed by atoms with Gasteiger partial charge in [-0.15, -0.1) is 10.2 Å². The number of benzene rings is 2. The van der Waals surface area contributed by atoms with E-state index in [1.54, 1.807) is 0 Å². The van der Waals surface area contributed by atoms with E-state index in [1.807, 2.05) is 32.0 Å². The Kier molecular flexibility index (Phi) is 6.39. The molecule has 1 heterocycles. The summed E-state index contributed by atoms with van der Waals surface area (Å²) in [5, 5.41) is 25.3. The largest absolute Gasteiger partial charge is 0.330 e. The first-order valence-electron chi connectivity index (χ1n) is 8.37. The number of aryl methyl sites for hydroxylation is 1. The van der Waals surface area contributed by atoms with Crippen molar-refractivity contribution in [2.45, 2.75) is 18.2 Å². The van der Waals surface area contributed by atoms with Crippen LogP contribution in [0.5, 0.6) is 0 Å². The van der Waals surface area contributed by atoms with Crippen molar-refractivity contribution in [2.24, 2.45) is 0 Å². The fourth-order valence-electron chi connectivity index (χ4n) is 2.40. The number of aromatic nitrogens is 2. The van der Waals surface area contributed by atoms with Crippen LogP contribution in [0, 0.1) is 29.8 Å². The van der Waals surface area contributed by atoms with E-state index in [4.69, 9.17) is 0 Å². The van der Waals surface area contributed by atoms with Crippen LogP contribution < -0.4 is 10.6 Å². The van der Waals surface area contributed by atoms with Crippen molar-refractivity contribution in [3.8, 4) is 0 Å². The molecule has 0 radical (unpaired) electrons. The molecule has 11 heteroatoms. The zero-order valence-electron chi connectivity index (χ0n) is 15.4. The molecule has 3 aromatic rings. The molecule has 1 amide bonds. The minimum atomic E-state index is -0.748. The zero-order chi connectivity index (χ0) is 21.0. The van der Waals surface area contributed by atoms with Gasteiger partial charge in [-0.25, -0.2) is 4.39 Å². The summed E-state index contributed by atoms with van der Waals surface area (Å²) in [7, 11) is 0. The molecule has 0 saturated heterocycles. The molecule has 0 atom stereocenters. The van der Waals surface area contributed by atoms with E-state index >= 15 is 0 Å². The van der Waals surface area contributed by atoms with Crippen LogP contribution in [0.25, 0.3) is 0 Å². The molecular formula is C18H16FN5O3S2. The first-order chi connectivity index (χ1) is 13.8. The second-order valence-electron chi connectivity index (χ2n) is 6.00. The van der Waals surface area contributed by atoms with Gasteiger partial charge in [0.2, 0.25) is 11.0 Å². The second-order valence-corrected chi connectivity index (χ2v) is 8.20. The lowest BCUT2D eigenvalue weighted by Gasteiger charge is -2.08. The van der Waals surface area contributed by atoms with Gasteiger partial charge in [-0.2, -0.15) is 0 Å². The smallest absolute Gasteiger partial charge is 0.295 e. The summed E-state index contributed by atoms with van der Waals surface area (Å²) >= 11 is 2.45. The molecule has 2 aromatic carbocycles. The van der Waals surface area contributed by atoms with Crippen LogP contribution in [0.1, 0.15) is 11.1 Å². The van der Waals surface area contributed by atoms with Crippen LogP contribution in [0.2, 0.25) is 0 Å². The minimum absolute atomic E-state index is 0.0212. The van der Waals surface area contributed by atoms with E-state index in [1.165, 1.54) is 11.3 Å². The van der Waals surface area contributed by atoms with Crippen molar-refractivity contribution in [1.82, 2.24) is 10.2 Å². The van der Waals surface area contributed by atoms with Crippen LogP contribution in [-0.2, 0) is 4.79 Å². The Morgan fingerprint density at radius 1 is 1.24 bits per heavy atom. The highest BCUT2D eigenvalue weighted by Gasteiger charge is 2.17. The van der Waals surface area contributed by atoms with E-state index in [9.17, 15) is 19.3 Å². The SMILES string of the molecule is Cc1cccc(Nc2nnc(SCC(=O)Nc3ccc(F)cc3[N+](=O)[O-])s2)c1C. The molecule has 1 aromatic heterocycles. The third kappa shape index (κ3) is 5.27. The number of hydrogen-bond acceptors (Lipinski definition) is 8. The van der Waals surface area contributed by atoms with Crippen molar-refractivity contribution in [1.29, 1.82) is 0 Å². The maximum absolute atomic E-state index is 13.2. The lowest BCUT2D eigenvalue weighted by atomic mass is 10.1. The Morgan fingerprint density at radius 3 is 2.79 bits per heavy atom. The fraction of sp³-hybridized carbons (Fsp3) is 0.167. The van der Waals surface area contributed by atoms with Gasteiger partial charge in [-0.05, 0) is 43.2 Å². The number of nitro benzene ring substituents is 1. The van der Waals surface area contributed by atoms with Gasteiger partial charge in [-0.1, -0.05) is 35.2 Å². The van der Waals surface area contributed by atoms with Crippen molar-refractivity contribution < 1.29 is 14.1 Å². The third-order valence-corrected chi connectivity index (χ3v) is 5.98. The molecule has 0 saturated carbocycles. The molecular weight excluding hydrogens is 417 g/mol. The third-order valence-electron chi connectivity index (χ3n) is 4.01. The highest BCUT2D eigenvalue weighted by molar-refractivity contribution is 8.01. The summed E-state index contributed by atoms with van der Waals surface area (Å²) < 4.78 is 13.7. The average Bonchev–Trinajstić information content (AvgIpc) is 3.12. The summed E-state index contributed by atoms with van der Waals surface area (Å²) in [6.07, 6.45) is 0. The van der Waals surface area contributed by atoms with Gasteiger partial charge < -0.3 is 10.6 Å². The summed E-state index contributed by atoms with van der Waals surface area (Å²) in [4.78, 5) is 22.4. The zero-order valence-corrected chi connectivity index (χ0v) is 17.1. The number of carbonyl (C=O) groups is 1. The first-order valence-corrected chi connectivity index (χ1v) is 10.2. The van der Waals surface area contributed by atoms with Gasteiger partial charge in [0.1, 0.15) is 11.5 Å². The van der Waals surface area contributed by atoms with Gasteiger partial charge in [0.15, 0.2) is 4.34 Å². The van der Waals surface area contributed by atoms with E-state index in [0.717, 1.165) is 46.8 Å². The number of rotatable bonds is 7. The van der Waals surface area contributed by atoms with Crippen LogP contribution >= 0.6 is 23.1 Å². The molecule has 2 N–H and O–H groups in total. The lowest BCUT2D eigenvalue weighted by molar-refractivity contribution is -0.384. The van der Waals surface area contributed by atoms with Crippen LogP contribution in [0.15, 0.2) is 40.7 Å². The summed E-state index contributed by atoms with van der Waals surface area (Å²) in [5.74, 6) is -1.24. The molecule has 29 heavy (non-hydrogen) atoms. The van der Waals surface area contributed by atoms with Gasteiger partial charge in [0.05, 0.1) is 16.7 Å². The fourth-order valence-corrected chi connectivity index (χ4v) is 3.96. The van der Waals surface area contributed by atoms with E-state index in [0.29, 0.717) is 9.47 Å². The molecule has 0 aliphatic carbocycles. The average molecular weight is 433 g/mol. The number of amides is 1. The number of halogens is 1. The number of nitro groups is 1. The second kappa shape index (κ2) is 8.97. The van der Waals surface area contributed by atoms with Crippen molar-refractivity contribution >= 4 is 51.2 Å². The number of nitrogens with zero attached hydrogens (tertiary/aromatic N) is 3. The summed E-state index contributed by atoms with van der Waals surface area (Å²) in [6.45, 7) is 4.03. The number of carbonyl (C=O) groups excluding carboxylic acids is 1. The van der Waals surface area contributed by atoms with Crippen LogP contribution in [0.3, 0.4) is 0 Å². The predicted octanol–water partition coefficient (Wildman–Crippen LogP) is 4.68. The Hall–Kier alpha value is -3.05. The van der Waals surface area contributed by atoms with Crippen molar-refractivity contribution in [3.63, 3.8) is 0 Å². The predicted molar refractivity (Wildman–Crippen MR) is 112 cm³/mol. The van der Waals surface area contributed by atoms with Crippen LogP contribution in [-0.4, -0.2) is 26.8 Å². The molecule has 0 spiro atoms. The molecule has 3 rings (SSSR count). The first kappa shape index (κ1) is 20.7. The topological polar surface area (TPSA) is 110 Å². The maximum atomic E-state index is 13.2. The van der Waals surface area contributed by atoms with E-state index in [-0.39, 0.29) is 11.4 Å². The molecule has 8 nitrogen and oxygen atoms in total. The quantitative estimate of drug-likeness (QED) is 0.316. The summed E-state index contributed by atoms with van der Waals surface area (Å²) in [5.41, 5.74) is 2.63. The monoisotopic (exact) mass is 433 g/mol. The van der Waals surface area contributed by atoms with Gasteiger partial charge >= 0.3 is 0 Å². The van der Waals surface area contributed by atoms with Crippen molar-refractivity contribution in [3.05, 3.63) is 63.5 Å². The van der Waals surface area contributed by atoms with Gasteiger partial charge in [0.25, 0.3) is 5.69 Å². The molecule has 0 aliphatic rings. The molecule has 0 fully saturated rings. The standard InChI is InChI=1S/C18H16FN5O3S2/c1-10-4-3-5-13(11(10)2)21-17-22-23-18(29-17)28-9-16(25)20-14-7-6-12(19)8-15(14)24(26)27/h3-8H,9H2,1-2H3,(H,20,25)(H,21,22). The number of nitrogens with one attached hydrogen (secondary N) is 2. The molecule has 0 bridgehead atoms. The van der Waals surface area contributed by atoms with Crippen molar-refractivity contribution in [2.75, 3.05) is 16.4 Å². The normalized spacial score (nSPS) is 10.6. The Labute approximate surface area is 173 Å².